The van der Waals surface area contributed by atoms with Crippen LogP contribution in [0.5, 0.6) is 0 Å². The summed E-state index contributed by atoms with van der Waals surface area (Å²) in [6.07, 6.45) is 1.40. The largest absolute Gasteiger partial charge is 0.364 e. The number of amides is 2. The summed E-state index contributed by atoms with van der Waals surface area (Å²) in [7, 11) is 0. The van der Waals surface area contributed by atoms with Crippen molar-refractivity contribution in [3.63, 3.8) is 0 Å². The highest BCUT2D eigenvalue weighted by molar-refractivity contribution is 6.33. The van der Waals surface area contributed by atoms with Crippen LogP contribution in [0.25, 0.3) is 11.1 Å². The molecule has 2 amide bonds. The van der Waals surface area contributed by atoms with Gasteiger partial charge in [-0.2, -0.15) is 5.10 Å². The molecular formula is C26H28ClF2N5O2. The van der Waals surface area contributed by atoms with E-state index >= 15 is 0 Å². The van der Waals surface area contributed by atoms with Gasteiger partial charge in [-0.15, -0.1) is 0 Å². The molecule has 4 rings (SSSR count). The zero-order valence-electron chi connectivity index (χ0n) is 20.1. The minimum atomic E-state index is -2.74. The van der Waals surface area contributed by atoms with Crippen molar-refractivity contribution < 1.29 is 18.4 Å². The number of hydrogen-bond acceptors (Lipinski definition) is 4. The van der Waals surface area contributed by atoms with Crippen LogP contribution in [0.3, 0.4) is 0 Å². The van der Waals surface area contributed by atoms with Crippen LogP contribution in [0.4, 0.5) is 14.5 Å². The molecule has 10 heteroatoms. The van der Waals surface area contributed by atoms with E-state index in [1.165, 1.54) is 10.7 Å². The van der Waals surface area contributed by atoms with Crippen LogP contribution < -0.4 is 11.1 Å². The molecule has 1 aliphatic carbocycles. The van der Waals surface area contributed by atoms with Gasteiger partial charge in [-0.1, -0.05) is 23.7 Å². The number of nitrogens with one attached hydrogen (secondary N) is 1. The highest BCUT2D eigenvalue weighted by Crippen LogP contribution is 2.42. The number of halogens is 3. The smallest absolute Gasteiger partial charge is 0.266 e. The number of anilines is 1. The van der Waals surface area contributed by atoms with Crippen molar-refractivity contribution in [1.29, 1.82) is 0 Å². The number of rotatable bonds is 7. The third-order valence-electron chi connectivity index (χ3n) is 6.72. The molecule has 0 bridgehead atoms. The van der Waals surface area contributed by atoms with Gasteiger partial charge in [-0.3, -0.25) is 19.3 Å². The Morgan fingerprint density at radius 2 is 1.89 bits per heavy atom. The number of pyridine rings is 1. The predicted molar refractivity (Wildman–Crippen MR) is 134 cm³/mol. The van der Waals surface area contributed by atoms with Gasteiger partial charge in [0.25, 0.3) is 5.91 Å². The quantitative estimate of drug-likeness (QED) is 0.429. The lowest BCUT2D eigenvalue weighted by Crippen LogP contribution is -2.33. The molecular weight excluding hydrogens is 488 g/mol. The van der Waals surface area contributed by atoms with Gasteiger partial charge < -0.3 is 11.1 Å². The fraction of sp³-hybridized carbons (Fsp3) is 0.385. The van der Waals surface area contributed by atoms with E-state index < -0.39 is 17.7 Å². The number of nitrogens with zero attached hydrogens (tertiary/aromatic N) is 3. The maximum atomic E-state index is 13.9. The van der Waals surface area contributed by atoms with Crippen molar-refractivity contribution in [1.82, 2.24) is 14.8 Å². The molecule has 3 aromatic rings. The van der Waals surface area contributed by atoms with E-state index in [-0.39, 0.29) is 43.2 Å². The number of benzene rings is 1. The zero-order valence-corrected chi connectivity index (χ0v) is 20.9. The first-order valence-corrected chi connectivity index (χ1v) is 12.2. The highest BCUT2D eigenvalue weighted by Gasteiger charge is 2.41. The minimum absolute atomic E-state index is 0.174. The molecule has 1 saturated carbocycles. The molecule has 1 atom stereocenters. The second-order valence-electron chi connectivity index (χ2n) is 9.13. The molecule has 2 aromatic heterocycles. The van der Waals surface area contributed by atoms with E-state index in [1.54, 1.807) is 31.3 Å². The minimum Gasteiger partial charge on any atom is -0.364 e. The van der Waals surface area contributed by atoms with Crippen molar-refractivity contribution in [3.8, 4) is 11.1 Å². The highest BCUT2D eigenvalue weighted by atomic mass is 35.5. The second kappa shape index (κ2) is 10.3. The number of aromatic nitrogens is 3. The van der Waals surface area contributed by atoms with Gasteiger partial charge in [0, 0.05) is 42.5 Å². The average Bonchev–Trinajstić information content (AvgIpc) is 3.25. The Labute approximate surface area is 213 Å². The maximum Gasteiger partial charge on any atom is 0.266 e. The molecule has 0 radical (unpaired) electrons. The van der Waals surface area contributed by atoms with Gasteiger partial charge in [0.15, 0.2) is 0 Å². The summed E-state index contributed by atoms with van der Waals surface area (Å²) in [5.74, 6) is -4.92. The van der Waals surface area contributed by atoms with Crippen LogP contribution in [0.2, 0.25) is 5.02 Å². The van der Waals surface area contributed by atoms with Crippen molar-refractivity contribution in [2.75, 3.05) is 5.32 Å². The van der Waals surface area contributed by atoms with Crippen LogP contribution in [0.15, 0.2) is 42.6 Å². The Hall–Kier alpha value is -3.33. The number of carbonyl (C=O) groups is 2. The third kappa shape index (κ3) is 5.41. The van der Waals surface area contributed by atoms with Crippen molar-refractivity contribution in [3.05, 3.63) is 64.7 Å². The standard InChI is InChI=1S/C26H28ClF2N5O2/c1-3-34-21(24(30)35)14-20(33-34)23(17-8-11-26(28,29)12-9-17)25(36)32-18-6-4-16(5-7-18)22-15(2)31-13-10-19(22)27/h4-7,10,13-14,17,23H,3,8-9,11-12H2,1-2H3,(H2,30,35)(H,32,36)/t23-/m0/s1. The summed E-state index contributed by atoms with van der Waals surface area (Å²) >= 11 is 6.35. The Balaban J connectivity index is 1.61. The molecule has 1 fully saturated rings. The summed E-state index contributed by atoms with van der Waals surface area (Å²) < 4.78 is 29.2. The Morgan fingerprint density at radius 3 is 2.44 bits per heavy atom. The van der Waals surface area contributed by atoms with Crippen LogP contribution in [-0.2, 0) is 11.3 Å². The molecule has 2 heterocycles. The molecule has 0 unspecified atom stereocenters. The van der Waals surface area contributed by atoms with E-state index in [1.807, 2.05) is 19.1 Å². The summed E-state index contributed by atoms with van der Waals surface area (Å²) in [4.78, 5) is 29.7. The Kier molecular flexibility index (Phi) is 7.40. The van der Waals surface area contributed by atoms with E-state index in [2.05, 4.69) is 15.4 Å². The molecule has 1 aromatic carbocycles. The summed E-state index contributed by atoms with van der Waals surface area (Å²) in [5.41, 5.74) is 9.00. The van der Waals surface area contributed by atoms with Gasteiger partial charge in [0.1, 0.15) is 5.69 Å². The van der Waals surface area contributed by atoms with Crippen LogP contribution in [0.1, 0.15) is 60.4 Å². The molecule has 0 saturated heterocycles. The molecule has 0 spiro atoms. The first-order chi connectivity index (χ1) is 17.1. The predicted octanol–water partition coefficient (Wildman–Crippen LogP) is 5.57. The SMILES string of the molecule is CCn1nc([C@@H](C(=O)Nc2ccc(-c3c(Cl)ccnc3C)cc2)C2CCC(F)(F)CC2)cc1C(N)=O. The number of alkyl halides is 2. The fourth-order valence-corrected chi connectivity index (χ4v) is 5.14. The molecule has 1 aliphatic rings. The number of primary amides is 1. The van der Waals surface area contributed by atoms with Gasteiger partial charge in [-0.05, 0) is 62.4 Å². The van der Waals surface area contributed by atoms with Gasteiger partial charge in [-0.25, -0.2) is 8.78 Å². The van der Waals surface area contributed by atoms with Gasteiger partial charge >= 0.3 is 0 Å². The average molecular weight is 516 g/mol. The number of hydrogen-bond donors (Lipinski definition) is 2. The van der Waals surface area contributed by atoms with E-state index in [9.17, 15) is 18.4 Å². The normalized spacial score (nSPS) is 16.5. The van der Waals surface area contributed by atoms with Crippen LogP contribution >= 0.6 is 11.6 Å². The summed E-state index contributed by atoms with van der Waals surface area (Å²) in [6.45, 7) is 4.05. The van der Waals surface area contributed by atoms with Crippen LogP contribution in [0, 0.1) is 12.8 Å². The molecule has 7 nitrogen and oxygen atoms in total. The molecule has 190 valence electrons. The lowest BCUT2D eigenvalue weighted by molar-refractivity contribution is -0.120. The van der Waals surface area contributed by atoms with Crippen molar-refractivity contribution in [2.24, 2.45) is 11.7 Å². The first-order valence-electron chi connectivity index (χ1n) is 11.9. The number of carbonyl (C=O) groups excluding carboxylic acids is 2. The first kappa shape index (κ1) is 25.8. The third-order valence-corrected chi connectivity index (χ3v) is 7.03. The van der Waals surface area contributed by atoms with Gasteiger partial charge in [0.2, 0.25) is 11.8 Å². The monoisotopic (exact) mass is 515 g/mol. The van der Waals surface area contributed by atoms with E-state index in [0.717, 1.165) is 16.8 Å². The van der Waals surface area contributed by atoms with Crippen LogP contribution in [-0.4, -0.2) is 32.5 Å². The summed E-state index contributed by atoms with van der Waals surface area (Å²) in [6, 6.07) is 10.4. The Morgan fingerprint density at radius 1 is 1.22 bits per heavy atom. The number of nitrogens with two attached hydrogens (primary N) is 1. The second-order valence-corrected chi connectivity index (χ2v) is 9.53. The lowest BCUT2D eigenvalue weighted by Gasteiger charge is -2.32. The molecule has 3 N–H and O–H groups in total. The maximum absolute atomic E-state index is 13.9. The van der Waals surface area contributed by atoms with E-state index in [0.29, 0.717) is 22.9 Å². The summed E-state index contributed by atoms with van der Waals surface area (Å²) in [5, 5.41) is 7.92. The lowest BCUT2D eigenvalue weighted by atomic mass is 9.76. The van der Waals surface area contributed by atoms with Gasteiger partial charge in [0.05, 0.1) is 16.6 Å². The van der Waals surface area contributed by atoms with Crippen molar-refractivity contribution >= 4 is 29.1 Å². The van der Waals surface area contributed by atoms with E-state index in [4.69, 9.17) is 17.3 Å². The molecule has 36 heavy (non-hydrogen) atoms. The zero-order chi connectivity index (χ0) is 26.0. The topological polar surface area (TPSA) is 103 Å². The Bertz CT molecular complexity index is 1250. The number of aryl methyl sites for hydroxylation is 2. The molecule has 0 aliphatic heterocycles. The van der Waals surface area contributed by atoms with Crippen molar-refractivity contribution in [2.45, 2.75) is 57.9 Å². The fourth-order valence-electron chi connectivity index (χ4n) is 4.84.